The van der Waals surface area contributed by atoms with Crippen molar-refractivity contribution in [2.24, 2.45) is 0 Å². The molecule has 1 unspecified atom stereocenters. The minimum atomic E-state index is -0.204. The molecule has 92 valence electrons. The van der Waals surface area contributed by atoms with E-state index < -0.39 is 0 Å². The summed E-state index contributed by atoms with van der Waals surface area (Å²) in [6.07, 6.45) is 0.817. The van der Waals surface area contributed by atoms with Crippen LogP contribution in [0.15, 0.2) is 18.2 Å². The van der Waals surface area contributed by atoms with Crippen molar-refractivity contribution in [2.45, 2.75) is 12.5 Å². The molecule has 1 aromatic carbocycles. The third kappa shape index (κ3) is 2.17. The lowest BCUT2D eigenvalue weighted by Gasteiger charge is -2.40. The number of carbonyl (C=O) groups is 1. The number of esters is 1. The van der Waals surface area contributed by atoms with Crippen LogP contribution in [0.2, 0.25) is 5.02 Å². The first kappa shape index (κ1) is 12.0. The second-order valence-corrected chi connectivity index (χ2v) is 4.25. The summed E-state index contributed by atoms with van der Waals surface area (Å²) in [5, 5.41) is 0.561. The van der Waals surface area contributed by atoms with E-state index in [1.807, 2.05) is 17.0 Å². The molecular weight excluding hydrogens is 242 g/mol. The number of benzene rings is 1. The maximum absolute atomic E-state index is 11.5. The van der Waals surface area contributed by atoms with Gasteiger partial charge in [0, 0.05) is 18.3 Å². The summed E-state index contributed by atoms with van der Waals surface area (Å²) >= 11 is 5.95. The molecule has 1 aliphatic heterocycles. The Morgan fingerprint density at radius 2 is 2.24 bits per heavy atom. The van der Waals surface area contributed by atoms with Gasteiger partial charge in [-0.05, 0) is 18.6 Å². The molecule has 17 heavy (non-hydrogen) atoms. The fraction of sp³-hybridized carbons (Fsp3) is 0.417. The monoisotopic (exact) mass is 255 g/mol. The fourth-order valence-electron chi connectivity index (χ4n) is 1.90. The van der Waals surface area contributed by atoms with Gasteiger partial charge in [-0.3, -0.25) is 0 Å². The van der Waals surface area contributed by atoms with E-state index in [4.69, 9.17) is 21.1 Å². The summed E-state index contributed by atoms with van der Waals surface area (Å²) in [5.74, 6) is 0.407. The van der Waals surface area contributed by atoms with Gasteiger partial charge in [0.25, 0.3) is 0 Å². The molecule has 0 radical (unpaired) electrons. The van der Waals surface area contributed by atoms with E-state index in [0.29, 0.717) is 10.8 Å². The Hall–Kier alpha value is -1.42. The van der Waals surface area contributed by atoms with Gasteiger partial charge in [-0.2, -0.15) is 0 Å². The second kappa shape index (κ2) is 4.84. The highest BCUT2D eigenvalue weighted by molar-refractivity contribution is 6.32. The Bertz CT molecular complexity index is 436. The molecule has 0 aromatic heterocycles. The predicted molar refractivity (Wildman–Crippen MR) is 65.8 cm³/mol. The van der Waals surface area contributed by atoms with Crippen LogP contribution in [0.1, 0.15) is 6.42 Å². The van der Waals surface area contributed by atoms with Gasteiger partial charge in [0.15, 0.2) is 0 Å². The van der Waals surface area contributed by atoms with Crippen molar-refractivity contribution >= 4 is 23.3 Å². The molecule has 0 aliphatic carbocycles. The van der Waals surface area contributed by atoms with Crippen LogP contribution in [0.4, 0.5) is 5.69 Å². The molecule has 1 aromatic rings. The third-order valence-corrected chi connectivity index (χ3v) is 3.27. The van der Waals surface area contributed by atoms with Crippen molar-refractivity contribution in [3.63, 3.8) is 0 Å². The highest BCUT2D eigenvalue weighted by Gasteiger charge is 2.35. The Kier molecular flexibility index (Phi) is 3.43. The van der Waals surface area contributed by atoms with Crippen LogP contribution in [0.5, 0.6) is 5.75 Å². The molecule has 5 heteroatoms. The Morgan fingerprint density at radius 3 is 2.76 bits per heavy atom. The SMILES string of the molecule is COC(=O)C1CCN1c1ccc(Cl)c(OC)c1. The standard InChI is InChI=1S/C12H14ClNO3/c1-16-11-7-8(3-4-9(11)13)14-6-5-10(14)12(15)17-2/h3-4,7,10H,5-6H2,1-2H3. The summed E-state index contributed by atoms with van der Waals surface area (Å²) in [6.45, 7) is 0.838. The maximum atomic E-state index is 11.5. The molecule has 0 N–H and O–H groups in total. The molecule has 0 bridgehead atoms. The largest absolute Gasteiger partial charge is 0.495 e. The lowest BCUT2D eigenvalue weighted by atomic mass is 10.0. The minimum Gasteiger partial charge on any atom is -0.495 e. The van der Waals surface area contributed by atoms with Crippen LogP contribution in [0.3, 0.4) is 0 Å². The fourth-order valence-corrected chi connectivity index (χ4v) is 2.10. The smallest absolute Gasteiger partial charge is 0.328 e. The summed E-state index contributed by atoms with van der Waals surface area (Å²) in [4.78, 5) is 13.5. The van der Waals surface area contributed by atoms with E-state index in [2.05, 4.69) is 0 Å². The topological polar surface area (TPSA) is 38.8 Å². The van der Waals surface area contributed by atoms with Gasteiger partial charge >= 0.3 is 5.97 Å². The molecule has 0 amide bonds. The number of methoxy groups -OCH3 is 2. The molecule has 1 saturated heterocycles. The zero-order valence-electron chi connectivity index (χ0n) is 9.77. The molecule has 4 nitrogen and oxygen atoms in total. The molecule has 2 rings (SSSR count). The van der Waals surface area contributed by atoms with E-state index >= 15 is 0 Å². The van der Waals surface area contributed by atoms with Crippen molar-refractivity contribution in [1.29, 1.82) is 0 Å². The van der Waals surface area contributed by atoms with Crippen LogP contribution in [0, 0.1) is 0 Å². The number of halogens is 1. The number of anilines is 1. The molecule has 1 atom stereocenters. The average Bonchev–Trinajstić information content (AvgIpc) is 2.29. The van der Waals surface area contributed by atoms with Gasteiger partial charge in [0.2, 0.25) is 0 Å². The maximum Gasteiger partial charge on any atom is 0.328 e. The molecule has 1 fully saturated rings. The van der Waals surface area contributed by atoms with Gasteiger partial charge < -0.3 is 14.4 Å². The first-order valence-electron chi connectivity index (χ1n) is 5.35. The highest BCUT2D eigenvalue weighted by Crippen LogP contribution is 2.33. The summed E-state index contributed by atoms with van der Waals surface area (Å²) < 4.78 is 9.90. The number of hydrogen-bond acceptors (Lipinski definition) is 4. The summed E-state index contributed by atoms with van der Waals surface area (Å²) in [5.41, 5.74) is 0.924. The molecule has 0 saturated carbocycles. The van der Waals surface area contributed by atoms with E-state index in [1.165, 1.54) is 7.11 Å². The normalized spacial score (nSPS) is 18.5. The molecule has 1 heterocycles. The quantitative estimate of drug-likeness (QED) is 0.776. The van der Waals surface area contributed by atoms with Gasteiger partial charge in [0.05, 0.1) is 19.2 Å². The molecule has 0 spiro atoms. The molecular formula is C12H14ClNO3. The number of nitrogens with zero attached hydrogens (tertiary/aromatic N) is 1. The van der Waals surface area contributed by atoms with Gasteiger partial charge in [0.1, 0.15) is 11.8 Å². The third-order valence-electron chi connectivity index (χ3n) is 2.96. The first-order valence-corrected chi connectivity index (χ1v) is 5.73. The van der Waals surface area contributed by atoms with Crippen LogP contribution in [-0.2, 0) is 9.53 Å². The van der Waals surface area contributed by atoms with Crippen molar-refractivity contribution in [3.05, 3.63) is 23.2 Å². The predicted octanol–water partition coefficient (Wildman–Crippen LogP) is 2.10. The lowest BCUT2D eigenvalue weighted by molar-refractivity contribution is -0.143. The van der Waals surface area contributed by atoms with E-state index in [9.17, 15) is 4.79 Å². The van der Waals surface area contributed by atoms with Gasteiger partial charge in [-0.15, -0.1) is 0 Å². The number of carbonyl (C=O) groups excluding carboxylic acids is 1. The number of hydrogen-bond donors (Lipinski definition) is 0. The lowest BCUT2D eigenvalue weighted by Crippen LogP contribution is -2.53. The van der Waals surface area contributed by atoms with E-state index in [-0.39, 0.29) is 12.0 Å². The van der Waals surface area contributed by atoms with Crippen molar-refractivity contribution in [3.8, 4) is 5.75 Å². The average molecular weight is 256 g/mol. The zero-order valence-corrected chi connectivity index (χ0v) is 10.5. The minimum absolute atomic E-state index is 0.189. The number of rotatable bonds is 3. The van der Waals surface area contributed by atoms with Gasteiger partial charge in [-0.1, -0.05) is 11.6 Å². The van der Waals surface area contributed by atoms with E-state index in [0.717, 1.165) is 18.7 Å². The van der Waals surface area contributed by atoms with E-state index in [1.54, 1.807) is 13.2 Å². The number of ether oxygens (including phenoxy) is 2. The summed E-state index contributed by atoms with van der Waals surface area (Å²) in [6, 6.07) is 5.28. The van der Waals surface area contributed by atoms with Crippen molar-refractivity contribution in [1.82, 2.24) is 0 Å². The molecule has 1 aliphatic rings. The summed E-state index contributed by atoms with van der Waals surface area (Å²) in [7, 11) is 2.97. The van der Waals surface area contributed by atoms with Crippen LogP contribution < -0.4 is 9.64 Å². The second-order valence-electron chi connectivity index (χ2n) is 3.84. The highest BCUT2D eigenvalue weighted by atomic mass is 35.5. The van der Waals surface area contributed by atoms with Crippen molar-refractivity contribution < 1.29 is 14.3 Å². The van der Waals surface area contributed by atoms with Crippen LogP contribution in [0.25, 0.3) is 0 Å². The van der Waals surface area contributed by atoms with Crippen LogP contribution >= 0.6 is 11.6 Å². The Balaban J connectivity index is 2.20. The first-order chi connectivity index (χ1) is 8.17. The van der Waals surface area contributed by atoms with Crippen molar-refractivity contribution in [2.75, 3.05) is 25.7 Å². The Labute approximate surface area is 105 Å². The van der Waals surface area contributed by atoms with Crippen LogP contribution in [-0.4, -0.2) is 32.8 Å². The Morgan fingerprint density at radius 1 is 1.47 bits per heavy atom. The van der Waals surface area contributed by atoms with Gasteiger partial charge in [-0.25, -0.2) is 4.79 Å². The zero-order chi connectivity index (χ0) is 12.4.